The molecule has 20 heavy (non-hydrogen) atoms. The van der Waals surface area contributed by atoms with Crippen LogP contribution in [-0.4, -0.2) is 26.4 Å². The highest BCUT2D eigenvalue weighted by atomic mass is 32.2. The van der Waals surface area contributed by atoms with E-state index in [1.165, 1.54) is 12.1 Å². The molecule has 0 unspecified atom stereocenters. The monoisotopic (exact) mass is 297 g/mol. The molecule has 1 aromatic rings. The van der Waals surface area contributed by atoms with Gasteiger partial charge in [-0.05, 0) is 49.9 Å². The average Bonchev–Trinajstić information content (AvgIpc) is 2.92. The first kappa shape index (κ1) is 14.8. The Morgan fingerprint density at radius 1 is 1.25 bits per heavy atom. The lowest BCUT2D eigenvalue weighted by atomic mass is 10.3. The summed E-state index contributed by atoms with van der Waals surface area (Å²) in [5, 5.41) is 2.61. The summed E-state index contributed by atoms with van der Waals surface area (Å²) in [5.74, 6) is 0.0590. The average molecular weight is 297 g/mol. The molecule has 0 heterocycles. The predicted molar refractivity (Wildman–Crippen MR) is 76.5 cm³/mol. The maximum absolute atomic E-state index is 11.7. The quantitative estimate of drug-likeness (QED) is 0.927. The summed E-state index contributed by atoms with van der Waals surface area (Å²) < 4.78 is 28.6. The second kappa shape index (κ2) is 6.26. The molecule has 0 aromatic heterocycles. The van der Waals surface area contributed by atoms with E-state index in [0.29, 0.717) is 5.69 Å². The van der Waals surface area contributed by atoms with Crippen LogP contribution in [0.5, 0.6) is 0 Å². The summed E-state index contributed by atoms with van der Waals surface area (Å²) in [7, 11) is -3.21. The van der Waals surface area contributed by atoms with Gasteiger partial charge >= 0.3 is 6.09 Å². The van der Waals surface area contributed by atoms with E-state index in [2.05, 4.69) is 5.32 Å². The normalized spacial score (nSPS) is 16.1. The van der Waals surface area contributed by atoms with Crippen molar-refractivity contribution in [2.45, 2.75) is 43.6 Å². The van der Waals surface area contributed by atoms with Gasteiger partial charge in [0.1, 0.15) is 6.10 Å². The molecule has 1 aliphatic rings. The Morgan fingerprint density at radius 3 is 2.40 bits per heavy atom. The number of amides is 1. The smallest absolute Gasteiger partial charge is 0.411 e. The highest BCUT2D eigenvalue weighted by molar-refractivity contribution is 7.91. The topological polar surface area (TPSA) is 72.5 Å². The van der Waals surface area contributed by atoms with Crippen LogP contribution in [0.25, 0.3) is 0 Å². The number of hydrogen-bond acceptors (Lipinski definition) is 4. The van der Waals surface area contributed by atoms with Crippen molar-refractivity contribution in [1.82, 2.24) is 0 Å². The summed E-state index contributed by atoms with van der Waals surface area (Å²) in [6.07, 6.45) is 3.56. The van der Waals surface area contributed by atoms with Crippen molar-refractivity contribution < 1.29 is 17.9 Å². The first-order valence-corrected chi connectivity index (χ1v) is 8.47. The minimum atomic E-state index is -3.21. The van der Waals surface area contributed by atoms with Crippen LogP contribution in [0, 0.1) is 0 Å². The number of ether oxygens (including phenoxy) is 1. The van der Waals surface area contributed by atoms with Crippen LogP contribution in [0.1, 0.15) is 32.6 Å². The maximum Gasteiger partial charge on any atom is 0.411 e. The maximum atomic E-state index is 11.7. The third-order valence-corrected chi connectivity index (χ3v) is 5.17. The number of rotatable bonds is 4. The molecule has 110 valence electrons. The van der Waals surface area contributed by atoms with Crippen LogP contribution in [-0.2, 0) is 14.6 Å². The summed E-state index contributed by atoms with van der Waals surface area (Å²) >= 11 is 0. The molecule has 6 heteroatoms. The van der Waals surface area contributed by atoms with E-state index < -0.39 is 15.9 Å². The third kappa shape index (κ3) is 3.72. The number of benzene rings is 1. The fourth-order valence-electron chi connectivity index (χ4n) is 2.22. The molecule has 2 rings (SSSR count). The molecule has 1 fully saturated rings. The van der Waals surface area contributed by atoms with Crippen molar-refractivity contribution in [3.63, 3.8) is 0 Å². The zero-order valence-electron chi connectivity index (χ0n) is 11.5. The Morgan fingerprint density at radius 2 is 1.85 bits per heavy atom. The number of sulfone groups is 1. The van der Waals surface area contributed by atoms with Crippen LogP contribution in [0.2, 0.25) is 0 Å². The summed E-state index contributed by atoms with van der Waals surface area (Å²) in [5.41, 5.74) is 0.531. The van der Waals surface area contributed by atoms with Gasteiger partial charge in [0.2, 0.25) is 0 Å². The molecular formula is C14H19NO4S. The summed E-state index contributed by atoms with van der Waals surface area (Å²) in [6, 6.07) is 6.12. The fourth-order valence-corrected chi connectivity index (χ4v) is 3.10. The van der Waals surface area contributed by atoms with Gasteiger partial charge in [0.25, 0.3) is 0 Å². The SMILES string of the molecule is CCS(=O)(=O)c1ccc(NC(=O)OC2CCCC2)cc1. The molecule has 0 atom stereocenters. The molecule has 0 radical (unpaired) electrons. The van der Waals surface area contributed by atoms with Crippen LogP contribution in [0.3, 0.4) is 0 Å². The minimum Gasteiger partial charge on any atom is -0.446 e. The van der Waals surface area contributed by atoms with E-state index in [9.17, 15) is 13.2 Å². The zero-order valence-corrected chi connectivity index (χ0v) is 12.3. The molecular weight excluding hydrogens is 278 g/mol. The summed E-state index contributed by atoms with van der Waals surface area (Å²) in [6.45, 7) is 1.60. The summed E-state index contributed by atoms with van der Waals surface area (Å²) in [4.78, 5) is 11.9. The molecule has 1 aromatic carbocycles. The van der Waals surface area contributed by atoms with E-state index in [0.717, 1.165) is 25.7 Å². The van der Waals surface area contributed by atoms with Crippen LogP contribution < -0.4 is 5.32 Å². The van der Waals surface area contributed by atoms with Gasteiger partial charge in [-0.25, -0.2) is 13.2 Å². The van der Waals surface area contributed by atoms with Crippen molar-refractivity contribution in [3.8, 4) is 0 Å². The molecule has 5 nitrogen and oxygen atoms in total. The number of hydrogen-bond donors (Lipinski definition) is 1. The van der Waals surface area contributed by atoms with Crippen LogP contribution in [0.15, 0.2) is 29.2 Å². The Labute approximate surface area is 119 Å². The van der Waals surface area contributed by atoms with Gasteiger partial charge in [0, 0.05) is 5.69 Å². The molecule has 0 bridgehead atoms. The number of carbonyl (C=O) groups is 1. The van der Waals surface area contributed by atoms with Crippen molar-refractivity contribution in [2.75, 3.05) is 11.1 Å². The number of anilines is 1. The first-order chi connectivity index (χ1) is 9.51. The van der Waals surface area contributed by atoms with Gasteiger partial charge in [-0.15, -0.1) is 0 Å². The standard InChI is InChI=1S/C14H19NO4S/c1-2-20(17,18)13-9-7-11(8-10-13)15-14(16)19-12-5-3-4-6-12/h7-10,12H,2-6H2,1H3,(H,15,16). The van der Waals surface area contributed by atoms with E-state index in [1.807, 2.05) is 0 Å². The second-order valence-electron chi connectivity index (χ2n) is 4.86. The van der Waals surface area contributed by atoms with Gasteiger partial charge in [-0.3, -0.25) is 5.32 Å². The van der Waals surface area contributed by atoms with Crippen molar-refractivity contribution in [1.29, 1.82) is 0 Å². The first-order valence-electron chi connectivity index (χ1n) is 6.82. The molecule has 0 aliphatic heterocycles. The molecule has 1 saturated carbocycles. The van der Waals surface area contributed by atoms with E-state index in [1.54, 1.807) is 19.1 Å². The van der Waals surface area contributed by atoms with Gasteiger partial charge < -0.3 is 4.74 Å². The fraction of sp³-hybridized carbons (Fsp3) is 0.500. The van der Waals surface area contributed by atoms with Gasteiger partial charge in [0.15, 0.2) is 9.84 Å². The van der Waals surface area contributed by atoms with Crippen molar-refractivity contribution in [2.24, 2.45) is 0 Å². The predicted octanol–water partition coefficient (Wildman–Crippen LogP) is 2.97. The molecule has 0 spiro atoms. The van der Waals surface area contributed by atoms with Crippen molar-refractivity contribution in [3.05, 3.63) is 24.3 Å². The molecule has 1 aliphatic carbocycles. The lowest BCUT2D eigenvalue weighted by Gasteiger charge is -2.12. The largest absolute Gasteiger partial charge is 0.446 e. The Bertz CT molecular complexity index is 559. The Kier molecular flexibility index (Phi) is 4.65. The Hall–Kier alpha value is -1.56. The van der Waals surface area contributed by atoms with Gasteiger partial charge in [0.05, 0.1) is 10.6 Å². The second-order valence-corrected chi connectivity index (χ2v) is 7.14. The molecule has 1 amide bonds. The van der Waals surface area contributed by atoms with Crippen LogP contribution in [0.4, 0.5) is 10.5 Å². The molecule has 0 saturated heterocycles. The van der Waals surface area contributed by atoms with Gasteiger partial charge in [-0.2, -0.15) is 0 Å². The van der Waals surface area contributed by atoms with E-state index in [-0.39, 0.29) is 16.8 Å². The van der Waals surface area contributed by atoms with Gasteiger partial charge in [-0.1, -0.05) is 6.92 Å². The third-order valence-electron chi connectivity index (χ3n) is 3.42. The van der Waals surface area contributed by atoms with E-state index >= 15 is 0 Å². The van der Waals surface area contributed by atoms with E-state index in [4.69, 9.17) is 4.74 Å². The minimum absolute atomic E-state index is 0.00902. The van der Waals surface area contributed by atoms with Crippen LogP contribution >= 0.6 is 0 Å². The Balaban J connectivity index is 1.95. The number of nitrogens with one attached hydrogen (secondary N) is 1. The van der Waals surface area contributed by atoms with Crippen molar-refractivity contribution >= 4 is 21.6 Å². The highest BCUT2D eigenvalue weighted by Crippen LogP contribution is 2.22. The number of carbonyl (C=O) groups excluding carboxylic acids is 1. The lowest BCUT2D eigenvalue weighted by molar-refractivity contribution is 0.114. The highest BCUT2D eigenvalue weighted by Gasteiger charge is 2.19. The lowest BCUT2D eigenvalue weighted by Crippen LogP contribution is -2.20. The molecule has 1 N–H and O–H groups in total. The zero-order chi connectivity index (χ0) is 14.6.